The lowest BCUT2D eigenvalue weighted by molar-refractivity contribution is -0.0328. The number of halogens is 4. The molecule has 0 amide bonds. The number of hydrogen-bond donors (Lipinski definition) is 0. The fourth-order valence-electron chi connectivity index (χ4n) is 0.861. The molecule has 1 aromatic carbocycles. The van der Waals surface area contributed by atoms with Crippen LogP contribution in [-0.4, -0.2) is 13.9 Å². The molecule has 0 fully saturated rings. The highest BCUT2D eigenvalue weighted by atomic mass is 35.7. The summed E-state index contributed by atoms with van der Waals surface area (Å²) in [5.41, 5.74) is -4.54. The fourth-order valence-corrected chi connectivity index (χ4v) is 2.97. The largest absolute Gasteiger partial charge is 0.446 e. The first-order valence-corrected chi connectivity index (χ1v) is 6.62. The molecule has 1 aromatic rings. The van der Waals surface area contributed by atoms with Crippen LogP contribution in [-0.2, 0) is 9.05 Å². The number of thioether (sulfide) groups is 1. The predicted octanol–water partition coefficient (Wildman–Crippen LogP) is 3.23. The van der Waals surface area contributed by atoms with E-state index in [0.717, 1.165) is 12.1 Å². The quantitative estimate of drug-likeness (QED) is 0.614. The third-order valence-electron chi connectivity index (χ3n) is 1.34. The van der Waals surface area contributed by atoms with E-state index in [9.17, 15) is 21.6 Å². The molecule has 0 aliphatic heterocycles. The summed E-state index contributed by atoms with van der Waals surface area (Å²) >= 11 is -0.509. The zero-order chi connectivity index (χ0) is 11.7. The molecule has 84 valence electrons. The second kappa shape index (κ2) is 4.23. The molecule has 8 heteroatoms. The van der Waals surface area contributed by atoms with Crippen molar-refractivity contribution in [3.63, 3.8) is 0 Å². The van der Waals surface area contributed by atoms with Gasteiger partial charge in [0.1, 0.15) is 0 Å². The number of alkyl halides is 3. The van der Waals surface area contributed by atoms with Gasteiger partial charge in [0.05, 0.1) is 4.90 Å². The van der Waals surface area contributed by atoms with Gasteiger partial charge in [0.2, 0.25) is 0 Å². The third-order valence-corrected chi connectivity index (χ3v) is 3.65. The maximum absolute atomic E-state index is 12.0. The lowest BCUT2D eigenvalue weighted by Gasteiger charge is -2.08. The van der Waals surface area contributed by atoms with Crippen LogP contribution >= 0.6 is 22.4 Å². The van der Waals surface area contributed by atoms with E-state index in [2.05, 4.69) is 0 Å². The molecule has 0 aliphatic rings. The first-order chi connectivity index (χ1) is 6.70. The van der Waals surface area contributed by atoms with Crippen molar-refractivity contribution < 1.29 is 21.6 Å². The van der Waals surface area contributed by atoms with Crippen LogP contribution in [0.3, 0.4) is 0 Å². The van der Waals surface area contributed by atoms with Crippen LogP contribution in [0.25, 0.3) is 0 Å². The zero-order valence-corrected chi connectivity index (χ0v) is 9.34. The van der Waals surface area contributed by atoms with Crippen molar-refractivity contribution >= 4 is 31.5 Å². The average Bonchev–Trinajstić information content (AvgIpc) is 1.99. The van der Waals surface area contributed by atoms with Crippen molar-refractivity contribution in [3.05, 3.63) is 24.3 Å². The number of hydrogen-bond acceptors (Lipinski definition) is 3. The Morgan fingerprint density at radius 3 is 2.20 bits per heavy atom. The molecule has 0 bridgehead atoms. The molecule has 0 aromatic heterocycles. The molecule has 0 spiro atoms. The van der Waals surface area contributed by atoms with E-state index in [1.807, 2.05) is 0 Å². The lowest BCUT2D eigenvalue weighted by atomic mass is 10.4. The van der Waals surface area contributed by atoms with Crippen molar-refractivity contribution in [1.82, 2.24) is 0 Å². The molecular formula is C7H4ClF3O2S2. The molecule has 0 saturated heterocycles. The van der Waals surface area contributed by atoms with Gasteiger partial charge >= 0.3 is 5.51 Å². The number of benzene rings is 1. The van der Waals surface area contributed by atoms with Crippen molar-refractivity contribution in [3.8, 4) is 0 Å². The Balaban J connectivity index is 3.20. The van der Waals surface area contributed by atoms with E-state index in [4.69, 9.17) is 10.7 Å². The minimum atomic E-state index is -4.54. The van der Waals surface area contributed by atoms with Crippen LogP contribution in [0.2, 0.25) is 0 Å². The molecule has 0 aliphatic carbocycles. The Morgan fingerprint density at radius 1 is 1.20 bits per heavy atom. The normalized spacial score (nSPS) is 12.8. The van der Waals surface area contributed by atoms with Gasteiger partial charge in [0.15, 0.2) is 0 Å². The van der Waals surface area contributed by atoms with Crippen molar-refractivity contribution in [2.45, 2.75) is 15.3 Å². The Hall–Kier alpha value is -0.400. The Labute approximate surface area is 92.8 Å². The minimum Gasteiger partial charge on any atom is -0.207 e. The molecule has 0 unspecified atom stereocenters. The maximum atomic E-state index is 12.0. The standard InChI is InChI=1S/C7H4ClF3O2S2/c8-15(12,13)6-4-2-1-3-5(6)14-7(9,10)11/h1-4H. The number of rotatable bonds is 2. The molecule has 0 heterocycles. The molecule has 15 heavy (non-hydrogen) atoms. The van der Waals surface area contributed by atoms with Crippen molar-refractivity contribution in [2.24, 2.45) is 0 Å². The van der Waals surface area contributed by atoms with Crippen LogP contribution < -0.4 is 0 Å². The zero-order valence-electron chi connectivity index (χ0n) is 6.95. The molecule has 0 N–H and O–H groups in total. The van der Waals surface area contributed by atoms with E-state index in [0.29, 0.717) is 0 Å². The summed E-state index contributed by atoms with van der Waals surface area (Å²) in [6.45, 7) is 0. The van der Waals surface area contributed by atoms with Gasteiger partial charge < -0.3 is 0 Å². The summed E-state index contributed by atoms with van der Waals surface area (Å²) in [4.78, 5) is -0.964. The highest BCUT2D eigenvalue weighted by Gasteiger charge is 2.32. The monoisotopic (exact) mass is 276 g/mol. The minimum absolute atomic E-state index is 0.431. The Kier molecular flexibility index (Phi) is 3.57. The molecule has 0 radical (unpaired) electrons. The first kappa shape index (κ1) is 12.7. The van der Waals surface area contributed by atoms with Crippen LogP contribution in [0.5, 0.6) is 0 Å². The summed E-state index contributed by atoms with van der Waals surface area (Å²) in [5.74, 6) is 0. The van der Waals surface area contributed by atoms with Gasteiger partial charge in [-0.3, -0.25) is 0 Å². The molecule has 1 rings (SSSR count). The average molecular weight is 277 g/mol. The SMILES string of the molecule is O=S(=O)(Cl)c1ccccc1SC(F)(F)F. The Bertz CT molecular complexity index is 456. The van der Waals surface area contributed by atoms with Gasteiger partial charge in [0, 0.05) is 15.6 Å². The van der Waals surface area contributed by atoms with Gasteiger partial charge in [-0.25, -0.2) is 8.42 Å². The molecular weight excluding hydrogens is 273 g/mol. The summed E-state index contributed by atoms with van der Waals surface area (Å²) in [6.07, 6.45) is 0. The second-order valence-electron chi connectivity index (χ2n) is 2.43. The fraction of sp³-hybridized carbons (Fsp3) is 0.143. The van der Waals surface area contributed by atoms with E-state index >= 15 is 0 Å². The van der Waals surface area contributed by atoms with Crippen LogP contribution in [0.1, 0.15) is 0 Å². The second-order valence-corrected chi connectivity index (χ2v) is 6.07. The molecule has 0 saturated carbocycles. The molecule has 2 nitrogen and oxygen atoms in total. The van der Waals surface area contributed by atoms with Crippen molar-refractivity contribution in [2.75, 3.05) is 0 Å². The van der Waals surface area contributed by atoms with Gasteiger partial charge in [-0.2, -0.15) is 13.2 Å². The van der Waals surface area contributed by atoms with Gasteiger partial charge in [-0.05, 0) is 23.9 Å². The van der Waals surface area contributed by atoms with Gasteiger partial charge in [-0.15, -0.1) is 0 Å². The van der Waals surface area contributed by atoms with Crippen LogP contribution in [0.4, 0.5) is 13.2 Å². The van der Waals surface area contributed by atoms with E-state index < -0.39 is 36.1 Å². The topological polar surface area (TPSA) is 34.1 Å². The van der Waals surface area contributed by atoms with Crippen LogP contribution in [0.15, 0.2) is 34.1 Å². The maximum Gasteiger partial charge on any atom is 0.446 e. The highest BCUT2D eigenvalue weighted by molar-refractivity contribution is 8.14. The van der Waals surface area contributed by atoms with Gasteiger partial charge in [-0.1, -0.05) is 12.1 Å². The van der Waals surface area contributed by atoms with E-state index in [1.165, 1.54) is 12.1 Å². The molecule has 0 atom stereocenters. The predicted molar refractivity (Wildman–Crippen MR) is 51.4 cm³/mol. The summed E-state index contributed by atoms with van der Waals surface area (Å²) < 4.78 is 58.0. The summed E-state index contributed by atoms with van der Waals surface area (Å²) in [7, 11) is 0.830. The van der Waals surface area contributed by atoms with Crippen molar-refractivity contribution in [1.29, 1.82) is 0 Å². The summed E-state index contributed by atoms with van der Waals surface area (Å²) in [6, 6.07) is 4.68. The smallest absolute Gasteiger partial charge is 0.207 e. The highest BCUT2D eigenvalue weighted by Crippen LogP contribution is 2.40. The summed E-state index contributed by atoms with van der Waals surface area (Å²) in [5, 5.41) is 0. The van der Waals surface area contributed by atoms with Crippen LogP contribution in [0, 0.1) is 0 Å². The first-order valence-electron chi connectivity index (χ1n) is 3.49. The Morgan fingerprint density at radius 2 is 1.73 bits per heavy atom. The van der Waals surface area contributed by atoms with Gasteiger partial charge in [0.25, 0.3) is 9.05 Å². The lowest BCUT2D eigenvalue weighted by Crippen LogP contribution is -2.02. The van der Waals surface area contributed by atoms with E-state index in [-0.39, 0.29) is 0 Å². The van der Waals surface area contributed by atoms with E-state index in [1.54, 1.807) is 0 Å². The third kappa shape index (κ3) is 3.92.